The molecule has 0 bridgehead atoms. The van der Waals surface area contributed by atoms with E-state index in [0.717, 1.165) is 89.1 Å². The lowest BCUT2D eigenvalue weighted by molar-refractivity contribution is 0.436. The Balaban J connectivity index is 0.913. The first-order chi connectivity index (χ1) is 47.2. The second-order valence-electron chi connectivity index (χ2n) is 25.9. The SMILES string of the molecule is c1ccc(C2(c3ccccc3)c3ccccc3Oc3c(-c4cccc5c(-c6cccc7c6-c6ccccc6C76c7ccccc7-c7ccc8ccccc8c76)c6cccc(-c7cccc8c7Oc7ccccc7C8(c7ccccc7)c7ccccc7)c6cc45)cccc32)cc1. The van der Waals surface area contributed by atoms with Gasteiger partial charge in [-0.25, -0.2) is 0 Å². The molecule has 2 heterocycles. The molecule has 1 spiro atoms. The van der Waals surface area contributed by atoms with Crippen LogP contribution in [0, 0.1) is 0 Å². The fourth-order valence-electron chi connectivity index (χ4n) is 18.0. The normalized spacial score (nSPS) is 15.3. The average molecular weight is 1210 g/mol. The summed E-state index contributed by atoms with van der Waals surface area (Å²) in [4.78, 5) is 0. The Bertz CT molecular complexity index is 5530. The van der Waals surface area contributed by atoms with Crippen LogP contribution in [-0.4, -0.2) is 0 Å². The summed E-state index contributed by atoms with van der Waals surface area (Å²) in [6.45, 7) is 0. The molecular formula is C93H58O2. The number of hydrogen-bond donors (Lipinski definition) is 0. The molecule has 4 aliphatic rings. The number of para-hydroxylation sites is 4. The minimum Gasteiger partial charge on any atom is -0.456 e. The van der Waals surface area contributed by atoms with Crippen molar-refractivity contribution in [3.05, 3.63) is 419 Å². The minimum atomic E-state index is -0.713. The fraction of sp³-hybridized carbons (Fsp3) is 0.0323. The van der Waals surface area contributed by atoms with Gasteiger partial charge in [-0.15, -0.1) is 0 Å². The summed E-state index contributed by atoms with van der Waals surface area (Å²) in [6, 6.07) is 131. The van der Waals surface area contributed by atoms with Crippen molar-refractivity contribution in [3.8, 4) is 78.6 Å². The van der Waals surface area contributed by atoms with E-state index < -0.39 is 16.2 Å². The van der Waals surface area contributed by atoms with Gasteiger partial charge in [0.25, 0.3) is 0 Å². The van der Waals surface area contributed by atoms with Crippen LogP contribution in [0.2, 0.25) is 0 Å². The third-order valence-electron chi connectivity index (χ3n) is 21.6. The Morgan fingerprint density at radius 1 is 0.189 bits per heavy atom. The van der Waals surface area contributed by atoms with Crippen LogP contribution in [0.4, 0.5) is 0 Å². The van der Waals surface area contributed by atoms with Crippen LogP contribution in [0.25, 0.3) is 88.0 Å². The first kappa shape index (κ1) is 53.6. The summed E-state index contributed by atoms with van der Waals surface area (Å²) in [7, 11) is 0. The van der Waals surface area contributed by atoms with Gasteiger partial charge in [0.05, 0.1) is 16.2 Å². The first-order valence-corrected chi connectivity index (χ1v) is 33.1. The molecule has 16 aromatic carbocycles. The molecule has 20 rings (SSSR count). The third-order valence-corrected chi connectivity index (χ3v) is 21.6. The van der Waals surface area contributed by atoms with Gasteiger partial charge in [0, 0.05) is 33.4 Å². The van der Waals surface area contributed by atoms with Gasteiger partial charge in [0.1, 0.15) is 23.0 Å². The lowest BCUT2D eigenvalue weighted by Gasteiger charge is -2.42. The highest BCUT2D eigenvalue weighted by Crippen LogP contribution is 2.67. The third kappa shape index (κ3) is 7.18. The lowest BCUT2D eigenvalue weighted by Crippen LogP contribution is -2.34. The molecule has 2 nitrogen and oxygen atoms in total. The Labute approximate surface area is 551 Å². The molecule has 0 saturated heterocycles. The number of fused-ring (bicyclic) bond motifs is 18. The predicted molar refractivity (Wildman–Crippen MR) is 388 cm³/mol. The van der Waals surface area contributed by atoms with Crippen LogP contribution in [-0.2, 0) is 16.2 Å². The van der Waals surface area contributed by atoms with Crippen molar-refractivity contribution in [1.29, 1.82) is 0 Å². The van der Waals surface area contributed by atoms with Gasteiger partial charge in [0.15, 0.2) is 0 Å². The van der Waals surface area contributed by atoms with Crippen molar-refractivity contribution in [3.63, 3.8) is 0 Å². The summed E-state index contributed by atoms with van der Waals surface area (Å²) in [5, 5.41) is 7.04. The van der Waals surface area contributed by atoms with Crippen molar-refractivity contribution in [2.24, 2.45) is 0 Å². The van der Waals surface area contributed by atoms with E-state index in [9.17, 15) is 0 Å². The van der Waals surface area contributed by atoms with Crippen molar-refractivity contribution >= 4 is 32.3 Å². The maximum atomic E-state index is 7.51. The smallest absolute Gasteiger partial charge is 0.140 e. The van der Waals surface area contributed by atoms with E-state index in [1.807, 2.05) is 0 Å². The Kier molecular flexibility index (Phi) is 11.5. The summed E-state index contributed by atoms with van der Waals surface area (Å²) >= 11 is 0. The van der Waals surface area contributed by atoms with Crippen LogP contribution >= 0.6 is 0 Å². The monoisotopic (exact) mass is 1210 g/mol. The Morgan fingerprint density at radius 3 is 1.08 bits per heavy atom. The first-order valence-electron chi connectivity index (χ1n) is 33.1. The van der Waals surface area contributed by atoms with Crippen molar-refractivity contribution in [2.45, 2.75) is 16.2 Å². The molecule has 1 atom stereocenters. The molecule has 0 N–H and O–H groups in total. The molecule has 1 unspecified atom stereocenters. The second kappa shape index (κ2) is 20.4. The van der Waals surface area contributed by atoms with E-state index in [2.05, 4.69) is 352 Å². The summed E-state index contributed by atoms with van der Waals surface area (Å²) in [5.41, 5.74) is 23.9. The van der Waals surface area contributed by atoms with Crippen LogP contribution in [0.1, 0.15) is 66.8 Å². The lowest BCUT2D eigenvalue weighted by atomic mass is 9.63. The molecule has 0 saturated carbocycles. The van der Waals surface area contributed by atoms with Crippen molar-refractivity contribution in [1.82, 2.24) is 0 Å². The van der Waals surface area contributed by atoms with E-state index in [4.69, 9.17) is 9.47 Å². The Hall–Kier alpha value is -12.1. The number of benzene rings is 16. The molecular weight excluding hydrogens is 1150 g/mol. The molecule has 2 aliphatic heterocycles. The van der Waals surface area contributed by atoms with Crippen LogP contribution in [0.5, 0.6) is 23.0 Å². The van der Waals surface area contributed by atoms with Gasteiger partial charge in [-0.3, -0.25) is 0 Å². The molecule has 0 radical (unpaired) electrons. The number of rotatable bonds is 7. The van der Waals surface area contributed by atoms with E-state index in [-0.39, 0.29) is 0 Å². The standard InChI is InChI=1S/C93H58O2/c1-5-29-60(30-6-1)91(61-31-7-2-8-32-61)79-49-19-21-54-84(79)94-89-71(44-25-52-82(89)91)65-40-23-42-68-75(65)58-76-66(72-45-26-53-83-90(72)95-85-55-22-20-50-80(85)92(83,62-33-9-3-10-34-62)63-35-11-4-12-36-63)41-24-43-69(76)86(68)74-46-27-51-81-87(74)73-39-16-18-48-78(73)93(81)77-47-17-15-38-67(77)70-57-56-59-28-13-14-37-64(59)88(70)93/h1-58H. The van der Waals surface area contributed by atoms with E-state index in [1.54, 1.807) is 0 Å². The van der Waals surface area contributed by atoms with Gasteiger partial charge in [-0.05, 0) is 140 Å². The molecule has 2 aliphatic carbocycles. The van der Waals surface area contributed by atoms with E-state index in [0.29, 0.717) is 0 Å². The molecule has 16 aromatic rings. The largest absolute Gasteiger partial charge is 0.456 e. The number of ether oxygens (including phenoxy) is 2. The van der Waals surface area contributed by atoms with Gasteiger partial charge < -0.3 is 9.47 Å². The van der Waals surface area contributed by atoms with Crippen LogP contribution in [0.3, 0.4) is 0 Å². The predicted octanol–water partition coefficient (Wildman–Crippen LogP) is 23.5. The number of hydrogen-bond acceptors (Lipinski definition) is 2. The highest BCUT2D eigenvalue weighted by atomic mass is 16.5. The van der Waals surface area contributed by atoms with Gasteiger partial charge >= 0.3 is 0 Å². The average Bonchev–Trinajstić information content (AvgIpc) is 1.48. The highest BCUT2D eigenvalue weighted by Gasteiger charge is 2.54. The van der Waals surface area contributed by atoms with Crippen molar-refractivity contribution < 1.29 is 9.47 Å². The van der Waals surface area contributed by atoms with E-state index in [1.165, 1.54) is 88.7 Å². The van der Waals surface area contributed by atoms with Gasteiger partial charge in [-0.2, -0.15) is 0 Å². The molecule has 0 amide bonds. The Morgan fingerprint density at radius 2 is 0.558 bits per heavy atom. The molecule has 0 fully saturated rings. The topological polar surface area (TPSA) is 18.5 Å². The van der Waals surface area contributed by atoms with Gasteiger partial charge in [-0.1, -0.05) is 334 Å². The molecule has 2 heteroatoms. The zero-order valence-corrected chi connectivity index (χ0v) is 51.8. The summed E-state index contributed by atoms with van der Waals surface area (Å²) in [6.07, 6.45) is 0. The quantitative estimate of drug-likeness (QED) is 0.148. The molecule has 0 aromatic heterocycles. The summed E-state index contributed by atoms with van der Waals surface area (Å²) < 4.78 is 15.0. The zero-order valence-electron chi connectivity index (χ0n) is 51.8. The van der Waals surface area contributed by atoms with Crippen LogP contribution < -0.4 is 9.47 Å². The zero-order chi connectivity index (χ0) is 62.4. The van der Waals surface area contributed by atoms with Gasteiger partial charge in [0.2, 0.25) is 0 Å². The van der Waals surface area contributed by atoms with Crippen LogP contribution in [0.15, 0.2) is 352 Å². The maximum Gasteiger partial charge on any atom is 0.140 e. The molecule has 442 valence electrons. The van der Waals surface area contributed by atoms with E-state index >= 15 is 0 Å². The highest BCUT2D eigenvalue weighted by molar-refractivity contribution is 6.22. The molecule has 95 heavy (non-hydrogen) atoms. The second-order valence-corrected chi connectivity index (χ2v) is 25.9. The summed E-state index contributed by atoms with van der Waals surface area (Å²) in [5.74, 6) is 3.35. The maximum absolute atomic E-state index is 7.51. The van der Waals surface area contributed by atoms with Crippen molar-refractivity contribution in [2.75, 3.05) is 0 Å². The fourth-order valence-corrected chi connectivity index (χ4v) is 18.0. The minimum absolute atomic E-state index is 0.604.